The molecular weight excluding hydrogens is 322 g/mol. The van der Waals surface area contributed by atoms with E-state index < -0.39 is 0 Å². The average Bonchev–Trinajstić information content (AvgIpc) is 3.09. The van der Waals surface area contributed by atoms with Gasteiger partial charge in [-0.2, -0.15) is 0 Å². The van der Waals surface area contributed by atoms with Crippen molar-refractivity contribution in [3.8, 4) is 5.69 Å². The fraction of sp³-hybridized carbons (Fsp3) is 0.263. The number of aromatic nitrogens is 2. The van der Waals surface area contributed by atoms with E-state index >= 15 is 0 Å². The van der Waals surface area contributed by atoms with Crippen LogP contribution in [0.25, 0.3) is 16.6 Å². The Bertz CT molecular complexity index is 974. The van der Waals surface area contributed by atoms with E-state index in [0.29, 0.717) is 15.9 Å². The SMILES string of the molecule is Cc1cccc(-n2c([C@@H]3CCCN3)nc3cccc(Cl)c3c2=O)c1. The van der Waals surface area contributed by atoms with Gasteiger partial charge in [-0.15, -0.1) is 0 Å². The van der Waals surface area contributed by atoms with Crippen molar-refractivity contribution >= 4 is 22.5 Å². The monoisotopic (exact) mass is 339 g/mol. The zero-order valence-electron chi connectivity index (χ0n) is 13.4. The first-order valence-electron chi connectivity index (χ1n) is 8.17. The third-order valence-corrected chi connectivity index (χ3v) is 4.82. The van der Waals surface area contributed by atoms with Crippen molar-refractivity contribution < 1.29 is 0 Å². The lowest BCUT2D eigenvalue weighted by Crippen LogP contribution is -2.29. The van der Waals surface area contributed by atoms with Crippen molar-refractivity contribution in [3.63, 3.8) is 0 Å². The fourth-order valence-corrected chi connectivity index (χ4v) is 3.61. The van der Waals surface area contributed by atoms with Gasteiger partial charge in [-0.25, -0.2) is 4.98 Å². The van der Waals surface area contributed by atoms with Crippen LogP contribution < -0.4 is 10.9 Å². The van der Waals surface area contributed by atoms with Gasteiger partial charge in [0, 0.05) is 0 Å². The molecule has 1 N–H and O–H groups in total. The Labute approximate surface area is 145 Å². The van der Waals surface area contributed by atoms with Gasteiger partial charge in [0.15, 0.2) is 0 Å². The van der Waals surface area contributed by atoms with Crippen LogP contribution in [0.5, 0.6) is 0 Å². The molecule has 1 atom stereocenters. The van der Waals surface area contributed by atoms with E-state index in [0.717, 1.165) is 36.5 Å². The molecule has 24 heavy (non-hydrogen) atoms. The number of nitrogens with one attached hydrogen (secondary N) is 1. The average molecular weight is 340 g/mol. The Hall–Kier alpha value is -2.17. The smallest absolute Gasteiger partial charge is 0.267 e. The molecule has 5 heteroatoms. The molecule has 2 heterocycles. The quantitative estimate of drug-likeness (QED) is 0.773. The molecule has 1 saturated heterocycles. The normalized spacial score (nSPS) is 17.5. The summed E-state index contributed by atoms with van der Waals surface area (Å²) in [5.41, 5.74) is 2.47. The van der Waals surface area contributed by atoms with Crippen molar-refractivity contribution in [3.05, 3.63) is 69.2 Å². The topological polar surface area (TPSA) is 46.9 Å². The van der Waals surface area contributed by atoms with Gasteiger partial charge in [-0.3, -0.25) is 9.36 Å². The Kier molecular flexibility index (Phi) is 3.87. The zero-order valence-corrected chi connectivity index (χ0v) is 14.2. The Morgan fingerprint density at radius 2 is 2.08 bits per heavy atom. The highest BCUT2D eigenvalue weighted by Crippen LogP contribution is 2.26. The predicted molar refractivity (Wildman–Crippen MR) is 97.1 cm³/mol. The lowest BCUT2D eigenvalue weighted by atomic mass is 10.1. The van der Waals surface area contributed by atoms with Crippen molar-refractivity contribution in [2.75, 3.05) is 6.54 Å². The van der Waals surface area contributed by atoms with Crippen LogP contribution in [0.1, 0.15) is 30.3 Å². The highest BCUT2D eigenvalue weighted by Gasteiger charge is 2.24. The molecule has 0 bridgehead atoms. The number of rotatable bonds is 2. The number of nitrogens with zero attached hydrogens (tertiary/aromatic N) is 2. The van der Waals surface area contributed by atoms with Crippen molar-refractivity contribution in [1.29, 1.82) is 0 Å². The van der Waals surface area contributed by atoms with E-state index in [2.05, 4.69) is 5.32 Å². The molecule has 0 amide bonds. The molecule has 4 nitrogen and oxygen atoms in total. The van der Waals surface area contributed by atoms with Crippen molar-refractivity contribution in [1.82, 2.24) is 14.9 Å². The minimum absolute atomic E-state index is 0.0848. The van der Waals surface area contributed by atoms with Gasteiger partial charge in [-0.1, -0.05) is 29.8 Å². The maximum atomic E-state index is 13.2. The largest absolute Gasteiger partial charge is 0.307 e. The van der Waals surface area contributed by atoms with Gasteiger partial charge in [-0.05, 0) is 56.1 Å². The molecule has 1 fully saturated rings. The summed E-state index contributed by atoms with van der Waals surface area (Å²) >= 11 is 6.30. The minimum atomic E-state index is -0.111. The maximum Gasteiger partial charge on any atom is 0.267 e. The van der Waals surface area contributed by atoms with E-state index in [1.54, 1.807) is 10.6 Å². The summed E-state index contributed by atoms with van der Waals surface area (Å²) in [6.07, 6.45) is 2.06. The molecule has 1 aliphatic heterocycles. The van der Waals surface area contributed by atoms with Crippen LogP contribution in [0.4, 0.5) is 0 Å². The van der Waals surface area contributed by atoms with Gasteiger partial charge in [0.25, 0.3) is 5.56 Å². The van der Waals surface area contributed by atoms with Gasteiger partial charge in [0.1, 0.15) is 5.82 Å². The molecule has 0 spiro atoms. The molecule has 3 aromatic rings. The number of benzene rings is 2. The Morgan fingerprint density at radius 3 is 2.83 bits per heavy atom. The van der Waals surface area contributed by atoms with Crippen LogP contribution in [0.15, 0.2) is 47.3 Å². The minimum Gasteiger partial charge on any atom is -0.307 e. The summed E-state index contributed by atoms with van der Waals surface area (Å²) in [6.45, 7) is 2.96. The molecular formula is C19H18ClN3O. The first-order valence-corrected chi connectivity index (χ1v) is 8.54. The summed E-state index contributed by atoms with van der Waals surface area (Å²) < 4.78 is 1.71. The lowest BCUT2D eigenvalue weighted by Gasteiger charge is -2.18. The molecule has 1 aromatic heterocycles. The standard InChI is InChI=1S/C19H18ClN3O/c1-12-5-2-6-13(11-12)23-18(16-9-4-10-21-16)22-15-8-3-7-14(20)17(15)19(23)24/h2-3,5-8,11,16,21H,4,9-10H2,1H3/t16-/m0/s1. The van der Waals surface area contributed by atoms with Gasteiger partial charge in [0.05, 0.1) is 27.7 Å². The van der Waals surface area contributed by atoms with Crippen LogP contribution in [0.2, 0.25) is 5.02 Å². The van der Waals surface area contributed by atoms with E-state index in [4.69, 9.17) is 16.6 Å². The summed E-state index contributed by atoms with van der Waals surface area (Å²) in [5, 5.41) is 4.37. The summed E-state index contributed by atoms with van der Waals surface area (Å²) in [6, 6.07) is 13.4. The van der Waals surface area contributed by atoms with E-state index in [-0.39, 0.29) is 11.6 Å². The van der Waals surface area contributed by atoms with Crippen LogP contribution in [-0.4, -0.2) is 16.1 Å². The van der Waals surface area contributed by atoms with E-state index in [1.807, 2.05) is 43.3 Å². The van der Waals surface area contributed by atoms with Crippen molar-refractivity contribution in [2.45, 2.75) is 25.8 Å². The Morgan fingerprint density at radius 1 is 1.25 bits per heavy atom. The number of halogens is 1. The predicted octanol–water partition coefficient (Wildman–Crippen LogP) is 3.77. The number of aryl methyl sites for hydroxylation is 1. The second kappa shape index (κ2) is 6.04. The van der Waals surface area contributed by atoms with E-state index in [9.17, 15) is 4.79 Å². The van der Waals surface area contributed by atoms with Crippen LogP contribution in [-0.2, 0) is 0 Å². The molecule has 0 aliphatic carbocycles. The van der Waals surface area contributed by atoms with Crippen molar-refractivity contribution in [2.24, 2.45) is 0 Å². The fourth-order valence-electron chi connectivity index (χ4n) is 3.36. The van der Waals surface area contributed by atoms with Gasteiger partial charge >= 0.3 is 0 Å². The second-order valence-corrected chi connectivity index (χ2v) is 6.64. The molecule has 0 radical (unpaired) electrons. The van der Waals surface area contributed by atoms with Crippen LogP contribution >= 0.6 is 11.6 Å². The number of fused-ring (bicyclic) bond motifs is 1. The van der Waals surface area contributed by atoms with E-state index in [1.165, 1.54) is 0 Å². The third-order valence-electron chi connectivity index (χ3n) is 4.50. The summed E-state index contributed by atoms with van der Waals surface area (Å²) in [5.74, 6) is 0.762. The first-order chi connectivity index (χ1) is 11.6. The molecule has 122 valence electrons. The third kappa shape index (κ3) is 2.52. The van der Waals surface area contributed by atoms with Crippen LogP contribution in [0, 0.1) is 6.92 Å². The first kappa shape index (κ1) is 15.4. The molecule has 0 saturated carbocycles. The molecule has 4 rings (SSSR count). The van der Waals surface area contributed by atoms with Gasteiger partial charge < -0.3 is 5.32 Å². The van der Waals surface area contributed by atoms with Crippen LogP contribution in [0.3, 0.4) is 0 Å². The molecule has 0 unspecified atom stereocenters. The summed E-state index contributed by atoms with van der Waals surface area (Å²) in [4.78, 5) is 18.1. The number of hydrogen-bond acceptors (Lipinski definition) is 3. The molecule has 1 aliphatic rings. The zero-order chi connectivity index (χ0) is 16.7. The second-order valence-electron chi connectivity index (χ2n) is 6.23. The number of hydrogen-bond donors (Lipinski definition) is 1. The Balaban J connectivity index is 2.08. The maximum absolute atomic E-state index is 13.2. The van der Waals surface area contributed by atoms with Gasteiger partial charge in [0.2, 0.25) is 0 Å². The molecule has 2 aromatic carbocycles. The summed E-state index contributed by atoms with van der Waals surface area (Å²) in [7, 11) is 0. The highest BCUT2D eigenvalue weighted by atomic mass is 35.5. The lowest BCUT2D eigenvalue weighted by molar-refractivity contribution is 0.584. The highest BCUT2D eigenvalue weighted by molar-refractivity contribution is 6.35.